The molecule has 1 aliphatic rings. The van der Waals surface area contributed by atoms with E-state index in [2.05, 4.69) is 63.8 Å². The van der Waals surface area contributed by atoms with Gasteiger partial charge in [0.15, 0.2) is 5.96 Å². The number of anilines is 1. The first-order chi connectivity index (χ1) is 14.2. The molecule has 1 unspecified atom stereocenters. The molecule has 1 atom stereocenters. The molecule has 2 N–H and O–H groups in total. The van der Waals surface area contributed by atoms with E-state index in [4.69, 9.17) is 0 Å². The van der Waals surface area contributed by atoms with Crippen LogP contribution in [0.5, 0.6) is 0 Å². The molecule has 7 heteroatoms. The number of hydrogen-bond acceptors (Lipinski definition) is 3. The molecule has 162 valence electrons. The number of para-hydroxylation sites is 1. The lowest BCUT2D eigenvalue weighted by molar-refractivity contribution is -0.130. The highest BCUT2D eigenvalue weighted by molar-refractivity contribution is 14.0. The third-order valence-electron chi connectivity index (χ3n) is 5.33. The van der Waals surface area contributed by atoms with Crippen molar-refractivity contribution in [2.45, 2.75) is 12.8 Å². The molecule has 0 saturated carbocycles. The van der Waals surface area contributed by atoms with Gasteiger partial charge in [0.05, 0.1) is 6.54 Å². The van der Waals surface area contributed by atoms with Gasteiger partial charge in [-0.3, -0.25) is 9.79 Å². The second kappa shape index (κ2) is 12.4. The summed E-state index contributed by atoms with van der Waals surface area (Å²) < 4.78 is 0. The van der Waals surface area contributed by atoms with Crippen LogP contribution >= 0.6 is 24.0 Å². The van der Waals surface area contributed by atoms with Crippen LogP contribution in [0.2, 0.25) is 0 Å². The van der Waals surface area contributed by atoms with E-state index in [1.54, 1.807) is 7.05 Å². The number of piperazine rings is 1. The molecule has 0 bridgehead atoms. The second-order valence-electron chi connectivity index (χ2n) is 7.32. The molecule has 1 saturated heterocycles. The van der Waals surface area contributed by atoms with E-state index in [1.165, 1.54) is 11.3 Å². The van der Waals surface area contributed by atoms with Gasteiger partial charge in [-0.05, 0) is 23.6 Å². The Hall–Kier alpha value is -2.29. The van der Waals surface area contributed by atoms with E-state index in [1.807, 2.05) is 29.2 Å². The normalized spacial score (nSPS) is 15.2. The number of nitrogens with zero attached hydrogens (tertiary/aromatic N) is 3. The lowest BCUT2D eigenvalue weighted by Gasteiger charge is -2.36. The van der Waals surface area contributed by atoms with Crippen molar-refractivity contribution in [1.82, 2.24) is 15.5 Å². The minimum absolute atomic E-state index is 0. The van der Waals surface area contributed by atoms with Gasteiger partial charge >= 0.3 is 0 Å². The maximum Gasteiger partial charge on any atom is 0.242 e. The molecule has 1 heterocycles. The number of hydrogen-bond donors (Lipinski definition) is 2. The second-order valence-corrected chi connectivity index (χ2v) is 7.32. The summed E-state index contributed by atoms with van der Waals surface area (Å²) in [6, 6.07) is 20.7. The smallest absolute Gasteiger partial charge is 0.242 e. The van der Waals surface area contributed by atoms with Crippen LogP contribution in [-0.4, -0.2) is 63.1 Å². The van der Waals surface area contributed by atoms with Crippen LogP contribution in [0.15, 0.2) is 65.7 Å². The van der Waals surface area contributed by atoms with Crippen LogP contribution in [0, 0.1) is 0 Å². The highest BCUT2D eigenvalue weighted by atomic mass is 127. The molecule has 2 aromatic rings. The van der Waals surface area contributed by atoms with Gasteiger partial charge in [0.1, 0.15) is 0 Å². The van der Waals surface area contributed by atoms with E-state index in [0.717, 1.165) is 32.7 Å². The summed E-state index contributed by atoms with van der Waals surface area (Å²) in [6.45, 7) is 6.39. The Morgan fingerprint density at radius 1 is 0.967 bits per heavy atom. The Balaban J connectivity index is 0.00000320. The number of aliphatic imine (C=N–C) groups is 1. The lowest BCUT2D eigenvalue weighted by atomic mass is 10.0. The summed E-state index contributed by atoms with van der Waals surface area (Å²) in [5.74, 6) is 1.12. The summed E-state index contributed by atoms with van der Waals surface area (Å²) in [5.41, 5.74) is 2.50. The molecule has 0 spiro atoms. The van der Waals surface area contributed by atoms with Gasteiger partial charge in [0.25, 0.3) is 0 Å². The first kappa shape index (κ1) is 24.0. The number of rotatable bonds is 6. The molecule has 3 rings (SSSR count). The van der Waals surface area contributed by atoms with Crippen LogP contribution in [0.3, 0.4) is 0 Å². The van der Waals surface area contributed by atoms with Crippen LogP contribution < -0.4 is 15.5 Å². The monoisotopic (exact) mass is 521 g/mol. The molecule has 1 amide bonds. The highest BCUT2D eigenvalue weighted by Gasteiger charge is 2.21. The van der Waals surface area contributed by atoms with Crippen molar-refractivity contribution >= 4 is 41.5 Å². The fraction of sp³-hybridized carbons (Fsp3) is 0.391. The SMILES string of the molecule is CN=C(NCC(=O)N1CCN(c2ccccc2)CC1)NCC(C)c1ccccc1.I. The van der Waals surface area contributed by atoms with Gasteiger partial charge in [-0.1, -0.05) is 55.5 Å². The van der Waals surface area contributed by atoms with Crippen molar-refractivity contribution < 1.29 is 4.79 Å². The van der Waals surface area contributed by atoms with E-state index >= 15 is 0 Å². The fourth-order valence-electron chi connectivity index (χ4n) is 3.49. The predicted octanol–water partition coefficient (Wildman–Crippen LogP) is 2.92. The van der Waals surface area contributed by atoms with Crippen LogP contribution in [0.4, 0.5) is 5.69 Å². The largest absolute Gasteiger partial charge is 0.368 e. The summed E-state index contributed by atoms with van der Waals surface area (Å²) in [7, 11) is 1.73. The molecule has 0 aliphatic carbocycles. The standard InChI is InChI=1S/C23H31N5O.HI/c1-19(20-9-5-3-6-10-20)17-25-23(24-2)26-18-22(29)28-15-13-27(14-16-28)21-11-7-4-8-12-21;/h3-12,19H,13-18H2,1-2H3,(H2,24,25,26);1H. The number of nitrogens with one attached hydrogen (secondary N) is 2. The molecule has 2 aromatic carbocycles. The molecule has 1 fully saturated rings. The minimum atomic E-state index is 0. The molecule has 0 radical (unpaired) electrons. The Labute approximate surface area is 196 Å². The predicted molar refractivity (Wildman–Crippen MR) is 135 cm³/mol. The Bertz CT molecular complexity index is 792. The van der Waals surface area contributed by atoms with Crippen LogP contribution in [-0.2, 0) is 4.79 Å². The summed E-state index contributed by atoms with van der Waals surface area (Å²) >= 11 is 0. The average molecular weight is 521 g/mol. The highest BCUT2D eigenvalue weighted by Crippen LogP contribution is 2.15. The zero-order valence-corrected chi connectivity index (χ0v) is 20.1. The van der Waals surface area contributed by atoms with Gasteiger partial charge in [-0.15, -0.1) is 24.0 Å². The first-order valence-electron chi connectivity index (χ1n) is 10.2. The third-order valence-corrected chi connectivity index (χ3v) is 5.33. The maximum absolute atomic E-state index is 12.6. The van der Waals surface area contributed by atoms with Gasteiger partial charge in [0.2, 0.25) is 5.91 Å². The fourth-order valence-corrected chi connectivity index (χ4v) is 3.49. The van der Waals surface area contributed by atoms with E-state index in [9.17, 15) is 4.79 Å². The molecule has 6 nitrogen and oxygen atoms in total. The Morgan fingerprint density at radius 2 is 1.57 bits per heavy atom. The summed E-state index contributed by atoms with van der Waals surface area (Å²) in [4.78, 5) is 21.1. The summed E-state index contributed by atoms with van der Waals surface area (Å²) in [6.07, 6.45) is 0. The van der Waals surface area contributed by atoms with Crippen molar-refractivity contribution in [1.29, 1.82) is 0 Å². The van der Waals surface area contributed by atoms with E-state index in [0.29, 0.717) is 11.9 Å². The maximum atomic E-state index is 12.6. The lowest BCUT2D eigenvalue weighted by Crippen LogP contribution is -2.52. The van der Waals surface area contributed by atoms with Crippen molar-refractivity contribution in [3.8, 4) is 0 Å². The van der Waals surface area contributed by atoms with Gasteiger partial charge in [-0.25, -0.2) is 0 Å². The zero-order chi connectivity index (χ0) is 20.5. The number of carbonyl (C=O) groups excluding carboxylic acids is 1. The van der Waals surface area contributed by atoms with Crippen LogP contribution in [0.25, 0.3) is 0 Å². The third kappa shape index (κ3) is 6.90. The number of benzene rings is 2. The Kier molecular flexibility index (Phi) is 9.93. The summed E-state index contributed by atoms with van der Waals surface area (Å²) in [5, 5.41) is 6.46. The van der Waals surface area contributed by atoms with Crippen molar-refractivity contribution in [3.63, 3.8) is 0 Å². The van der Waals surface area contributed by atoms with Crippen LogP contribution in [0.1, 0.15) is 18.4 Å². The number of carbonyl (C=O) groups is 1. The van der Waals surface area contributed by atoms with Gasteiger partial charge in [0, 0.05) is 45.5 Å². The molecule has 1 aliphatic heterocycles. The molecule has 0 aromatic heterocycles. The quantitative estimate of drug-likeness (QED) is 0.349. The minimum Gasteiger partial charge on any atom is -0.368 e. The van der Waals surface area contributed by atoms with Gasteiger partial charge in [-0.2, -0.15) is 0 Å². The number of amides is 1. The Morgan fingerprint density at radius 3 is 2.17 bits per heavy atom. The number of guanidine groups is 1. The topological polar surface area (TPSA) is 60.0 Å². The number of halogens is 1. The van der Waals surface area contributed by atoms with E-state index < -0.39 is 0 Å². The molecular formula is C23H32IN5O. The van der Waals surface area contributed by atoms with E-state index in [-0.39, 0.29) is 36.4 Å². The van der Waals surface area contributed by atoms with Crippen molar-refractivity contribution in [3.05, 3.63) is 66.2 Å². The zero-order valence-electron chi connectivity index (χ0n) is 17.8. The molecular weight excluding hydrogens is 489 g/mol. The molecule has 30 heavy (non-hydrogen) atoms. The van der Waals surface area contributed by atoms with Crippen molar-refractivity contribution in [2.75, 3.05) is 51.2 Å². The first-order valence-corrected chi connectivity index (χ1v) is 10.2. The average Bonchev–Trinajstić information content (AvgIpc) is 2.80. The van der Waals surface area contributed by atoms with Crippen molar-refractivity contribution in [2.24, 2.45) is 4.99 Å². The van der Waals surface area contributed by atoms with Gasteiger partial charge < -0.3 is 20.4 Å².